The maximum absolute atomic E-state index is 11.1. The van der Waals surface area contributed by atoms with Gasteiger partial charge in [-0.25, -0.2) is 4.98 Å². The van der Waals surface area contributed by atoms with Crippen LogP contribution in [0.15, 0.2) is 29.4 Å². The number of aliphatic imine (C=N–C) groups is 1. The maximum atomic E-state index is 11.1. The van der Waals surface area contributed by atoms with Gasteiger partial charge in [0.2, 0.25) is 0 Å². The number of unbranched alkanes of at least 4 members (excludes halogenated alkanes) is 1. The highest BCUT2D eigenvalue weighted by molar-refractivity contribution is 5.80. The highest BCUT2D eigenvalue weighted by Crippen LogP contribution is 2.12. The van der Waals surface area contributed by atoms with Gasteiger partial charge in [-0.2, -0.15) is 0 Å². The molecule has 1 aliphatic heterocycles. The quantitative estimate of drug-likeness (QED) is 0.364. The number of carbonyl (C=O) groups excluding carboxylic acids is 1. The number of hydrogen-bond acceptors (Lipinski definition) is 5. The van der Waals surface area contributed by atoms with E-state index in [-0.39, 0.29) is 5.97 Å². The fraction of sp³-hybridized carbons (Fsp3) is 0.588. The largest absolute Gasteiger partial charge is 0.469 e. The molecular weight excluding hydrogens is 306 g/mol. The van der Waals surface area contributed by atoms with Gasteiger partial charge in [0.05, 0.1) is 7.11 Å². The van der Waals surface area contributed by atoms with Crippen molar-refractivity contribution in [3.05, 3.63) is 24.4 Å². The van der Waals surface area contributed by atoms with Gasteiger partial charge in [-0.05, 0) is 25.0 Å². The van der Waals surface area contributed by atoms with Crippen molar-refractivity contribution in [2.24, 2.45) is 4.99 Å². The minimum absolute atomic E-state index is 0.148. The molecule has 0 aromatic carbocycles. The fourth-order valence-corrected chi connectivity index (χ4v) is 2.72. The predicted molar refractivity (Wildman–Crippen MR) is 95.3 cm³/mol. The van der Waals surface area contributed by atoms with Crippen molar-refractivity contribution in [3.63, 3.8) is 0 Å². The summed E-state index contributed by atoms with van der Waals surface area (Å²) in [6.45, 7) is 4.50. The standard InChI is InChI=1S/C17H27N5O2/c1-18-17(20-10-6-4-8-16(23)24-2)22-13-11-21(12-14-22)15-7-3-5-9-19-15/h3,5,7,9H,4,6,8,10-14H2,1-2H3,(H,18,20). The molecule has 2 rings (SSSR count). The smallest absolute Gasteiger partial charge is 0.305 e. The van der Waals surface area contributed by atoms with Crippen LogP contribution >= 0.6 is 0 Å². The number of rotatable bonds is 6. The van der Waals surface area contributed by atoms with Crippen LogP contribution in [0.2, 0.25) is 0 Å². The minimum Gasteiger partial charge on any atom is -0.469 e. The van der Waals surface area contributed by atoms with Crippen LogP contribution in [-0.4, -0.2) is 68.7 Å². The summed E-state index contributed by atoms with van der Waals surface area (Å²) >= 11 is 0. The van der Waals surface area contributed by atoms with E-state index in [4.69, 9.17) is 0 Å². The molecule has 7 heteroatoms. The van der Waals surface area contributed by atoms with Crippen LogP contribution in [0.25, 0.3) is 0 Å². The summed E-state index contributed by atoms with van der Waals surface area (Å²) in [6.07, 6.45) is 4.04. The molecular formula is C17H27N5O2. The first-order chi connectivity index (χ1) is 11.7. The number of ether oxygens (including phenoxy) is 1. The van der Waals surface area contributed by atoms with E-state index in [0.717, 1.165) is 57.3 Å². The zero-order valence-electron chi connectivity index (χ0n) is 14.6. The Hall–Kier alpha value is -2.31. The summed E-state index contributed by atoms with van der Waals surface area (Å²) in [7, 11) is 3.23. The lowest BCUT2D eigenvalue weighted by Gasteiger charge is -2.37. The molecule has 7 nitrogen and oxygen atoms in total. The van der Waals surface area contributed by atoms with Gasteiger partial charge in [0, 0.05) is 52.4 Å². The molecule has 0 saturated carbocycles. The molecule has 1 N–H and O–H groups in total. The van der Waals surface area contributed by atoms with Crippen LogP contribution < -0.4 is 10.2 Å². The van der Waals surface area contributed by atoms with E-state index in [1.807, 2.05) is 31.4 Å². The number of anilines is 1. The molecule has 1 fully saturated rings. The summed E-state index contributed by atoms with van der Waals surface area (Å²) in [5, 5.41) is 3.38. The summed E-state index contributed by atoms with van der Waals surface area (Å²) < 4.78 is 4.64. The Kier molecular flexibility index (Phi) is 7.32. The van der Waals surface area contributed by atoms with Gasteiger partial charge in [-0.1, -0.05) is 6.07 Å². The van der Waals surface area contributed by atoms with E-state index >= 15 is 0 Å². The molecule has 1 saturated heterocycles. The molecule has 1 aromatic heterocycles. The molecule has 1 aromatic rings. The lowest BCUT2D eigenvalue weighted by atomic mass is 10.2. The summed E-state index contributed by atoms with van der Waals surface area (Å²) in [4.78, 5) is 24.4. The first-order valence-corrected chi connectivity index (χ1v) is 8.43. The number of nitrogens with zero attached hydrogens (tertiary/aromatic N) is 4. The Morgan fingerprint density at radius 3 is 2.71 bits per heavy atom. The van der Waals surface area contributed by atoms with Gasteiger partial charge in [0.1, 0.15) is 5.82 Å². The van der Waals surface area contributed by atoms with E-state index in [1.165, 1.54) is 7.11 Å². The fourth-order valence-electron chi connectivity index (χ4n) is 2.72. The Balaban J connectivity index is 1.70. The van der Waals surface area contributed by atoms with Crippen molar-refractivity contribution < 1.29 is 9.53 Å². The normalized spacial score (nSPS) is 15.3. The van der Waals surface area contributed by atoms with Crippen molar-refractivity contribution in [2.75, 3.05) is 51.8 Å². The van der Waals surface area contributed by atoms with E-state index in [1.54, 1.807) is 0 Å². The van der Waals surface area contributed by atoms with Crippen LogP contribution in [0.4, 0.5) is 5.82 Å². The van der Waals surface area contributed by atoms with Gasteiger partial charge >= 0.3 is 5.97 Å². The molecule has 0 aliphatic carbocycles. The maximum Gasteiger partial charge on any atom is 0.305 e. The van der Waals surface area contributed by atoms with Crippen LogP contribution in [0.3, 0.4) is 0 Å². The highest BCUT2D eigenvalue weighted by atomic mass is 16.5. The first kappa shape index (κ1) is 18.0. The molecule has 0 unspecified atom stereocenters. The molecule has 0 radical (unpaired) electrons. The number of carbonyl (C=O) groups is 1. The number of nitrogens with one attached hydrogen (secondary N) is 1. The van der Waals surface area contributed by atoms with Crippen LogP contribution in [0.5, 0.6) is 0 Å². The summed E-state index contributed by atoms with van der Waals surface area (Å²) in [6, 6.07) is 6.00. The molecule has 2 heterocycles. The number of esters is 1. The SMILES string of the molecule is CN=C(NCCCCC(=O)OC)N1CCN(c2ccccn2)CC1. The average Bonchev–Trinajstić information content (AvgIpc) is 2.65. The number of pyridine rings is 1. The zero-order chi connectivity index (χ0) is 17.2. The number of aromatic nitrogens is 1. The molecule has 132 valence electrons. The van der Waals surface area contributed by atoms with Crippen LogP contribution in [0.1, 0.15) is 19.3 Å². The molecule has 0 amide bonds. The average molecular weight is 333 g/mol. The van der Waals surface area contributed by atoms with Crippen LogP contribution in [-0.2, 0) is 9.53 Å². The Morgan fingerprint density at radius 2 is 2.08 bits per heavy atom. The van der Waals surface area contributed by atoms with Gasteiger partial charge in [-0.3, -0.25) is 9.79 Å². The van der Waals surface area contributed by atoms with E-state index in [2.05, 4.69) is 29.8 Å². The molecule has 0 atom stereocenters. The molecule has 1 aliphatic rings. The number of methoxy groups -OCH3 is 1. The second kappa shape index (κ2) is 9.75. The minimum atomic E-state index is -0.148. The summed E-state index contributed by atoms with van der Waals surface area (Å²) in [5.41, 5.74) is 0. The topological polar surface area (TPSA) is 70.1 Å². The Labute approximate surface area is 143 Å². The zero-order valence-corrected chi connectivity index (χ0v) is 14.6. The predicted octanol–water partition coefficient (Wildman–Crippen LogP) is 1.12. The monoisotopic (exact) mass is 333 g/mol. The van der Waals surface area contributed by atoms with Gasteiger partial charge < -0.3 is 19.9 Å². The number of guanidine groups is 1. The van der Waals surface area contributed by atoms with Crippen molar-refractivity contribution in [1.29, 1.82) is 0 Å². The Morgan fingerprint density at radius 1 is 1.29 bits per heavy atom. The van der Waals surface area contributed by atoms with Crippen molar-refractivity contribution in [1.82, 2.24) is 15.2 Å². The Bertz CT molecular complexity index is 527. The molecule has 24 heavy (non-hydrogen) atoms. The van der Waals surface area contributed by atoms with E-state index < -0.39 is 0 Å². The lowest BCUT2D eigenvalue weighted by molar-refractivity contribution is -0.140. The molecule has 0 spiro atoms. The van der Waals surface area contributed by atoms with Crippen molar-refractivity contribution in [3.8, 4) is 0 Å². The van der Waals surface area contributed by atoms with Gasteiger partial charge in [0.15, 0.2) is 5.96 Å². The second-order valence-corrected chi connectivity index (χ2v) is 5.67. The molecule has 0 bridgehead atoms. The van der Waals surface area contributed by atoms with Crippen LogP contribution in [0, 0.1) is 0 Å². The van der Waals surface area contributed by atoms with Crippen molar-refractivity contribution >= 4 is 17.7 Å². The number of piperazine rings is 1. The number of hydrogen-bond donors (Lipinski definition) is 1. The van der Waals surface area contributed by atoms with Gasteiger partial charge in [-0.15, -0.1) is 0 Å². The third kappa shape index (κ3) is 5.40. The first-order valence-electron chi connectivity index (χ1n) is 8.43. The third-order valence-electron chi connectivity index (χ3n) is 4.08. The third-order valence-corrected chi connectivity index (χ3v) is 4.08. The summed E-state index contributed by atoms with van der Waals surface area (Å²) in [5.74, 6) is 1.81. The van der Waals surface area contributed by atoms with Crippen molar-refractivity contribution in [2.45, 2.75) is 19.3 Å². The highest BCUT2D eigenvalue weighted by Gasteiger charge is 2.20. The van der Waals surface area contributed by atoms with E-state index in [0.29, 0.717) is 6.42 Å². The van der Waals surface area contributed by atoms with E-state index in [9.17, 15) is 4.79 Å². The second-order valence-electron chi connectivity index (χ2n) is 5.67. The van der Waals surface area contributed by atoms with Gasteiger partial charge in [0.25, 0.3) is 0 Å². The lowest BCUT2D eigenvalue weighted by Crippen LogP contribution is -2.52.